The number of aromatic nitrogens is 1. The van der Waals surface area contributed by atoms with E-state index in [4.69, 9.17) is 0 Å². The molecule has 1 aromatic rings. The summed E-state index contributed by atoms with van der Waals surface area (Å²) in [5.41, 5.74) is 0.124. The van der Waals surface area contributed by atoms with Gasteiger partial charge >= 0.3 is 0 Å². The van der Waals surface area contributed by atoms with E-state index in [-0.39, 0.29) is 11.3 Å². The fourth-order valence-electron chi connectivity index (χ4n) is 1.27. The number of thiazole rings is 1. The molecule has 0 saturated carbocycles. The standard InChI is InChI=1S/C12H21N3OS/c1-9(16)14-6-5-13-7-10-8-15-11(17-10)12(2,3)4/h8,13H,5-7H2,1-4H3,(H,14,16). The van der Waals surface area contributed by atoms with Gasteiger partial charge in [0, 0.05) is 43.0 Å². The predicted molar refractivity (Wildman–Crippen MR) is 71.2 cm³/mol. The van der Waals surface area contributed by atoms with Crippen LogP contribution in [-0.4, -0.2) is 24.0 Å². The predicted octanol–water partition coefficient (Wildman–Crippen LogP) is 1.67. The summed E-state index contributed by atoms with van der Waals surface area (Å²) in [4.78, 5) is 16.3. The van der Waals surface area contributed by atoms with Crippen molar-refractivity contribution in [2.45, 2.75) is 39.7 Å². The van der Waals surface area contributed by atoms with Crippen molar-refractivity contribution in [2.75, 3.05) is 13.1 Å². The lowest BCUT2D eigenvalue weighted by Crippen LogP contribution is -2.29. The highest BCUT2D eigenvalue weighted by molar-refractivity contribution is 7.11. The molecule has 0 atom stereocenters. The Morgan fingerprint density at radius 2 is 2.12 bits per heavy atom. The molecule has 96 valence electrons. The van der Waals surface area contributed by atoms with E-state index in [9.17, 15) is 4.79 Å². The number of hydrogen-bond donors (Lipinski definition) is 2. The van der Waals surface area contributed by atoms with E-state index in [2.05, 4.69) is 36.4 Å². The maximum absolute atomic E-state index is 10.6. The lowest BCUT2D eigenvalue weighted by Gasteiger charge is -2.13. The van der Waals surface area contributed by atoms with E-state index in [0.717, 1.165) is 18.1 Å². The smallest absolute Gasteiger partial charge is 0.216 e. The van der Waals surface area contributed by atoms with Gasteiger partial charge in [-0.1, -0.05) is 20.8 Å². The number of nitrogens with one attached hydrogen (secondary N) is 2. The molecule has 0 bridgehead atoms. The van der Waals surface area contributed by atoms with Gasteiger partial charge in [-0.25, -0.2) is 4.98 Å². The first-order valence-corrected chi connectivity index (χ1v) is 6.61. The number of carbonyl (C=O) groups is 1. The number of carbonyl (C=O) groups excluding carboxylic acids is 1. The van der Waals surface area contributed by atoms with E-state index in [1.807, 2.05) is 6.20 Å². The normalized spacial score (nSPS) is 11.5. The van der Waals surface area contributed by atoms with Crippen molar-refractivity contribution in [3.63, 3.8) is 0 Å². The minimum atomic E-state index is 0.0135. The second-order valence-electron chi connectivity index (χ2n) is 5.04. The second-order valence-corrected chi connectivity index (χ2v) is 6.16. The molecule has 0 spiro atoms. The van der Waals surface area contributed by atoms with Crippen LogP contribution in [0.25, 0.3) is 0 Å². The van der Waals surface area contributed by atoms with E-state index in [1.165, 1.54) is 11.8 Å². The molecule has 0 aliphatic carbocycles. The quantitative estimate of drug-likeness (QED) is 0.787. The molecular formula is C12H21N3OS. The van der Waals surface area contributed by atoms with Crippen molar-refractivity contribution >= 4 is 17.2 Å². The van der Waals surface area contributed by atoms with Crippen LogP contribution in [-0.2, 0) is 16.8 Å². The van der Waals surface area contributed by atoms with Crippen LogP contribution in [0.5, 0.6) is 0 Å². The fourth-order valence-corrected chi connectivity index (χ4v) is 2.21. The third kappa shape index (κ3) is 5.28. The van der Waals surface area contributed by atoms with Gasteiger partial charge in [-0.2, -0.15) is 0 Å². The summed E-state index contributed by atoms with van der Waals surface area (Å²) in [6, 6.07) is 0. The molecule has 1 rings (SSSR count). The highest BCUT2D eigenvalue weighted by Gasteiger charge is 2.17. The molecule has 17 heavy (non-hydrogen) atoms. The molecule has 0 fully saturated rings. The Morgan fingerprint density at radius 1 is 1.41 bits per heavy atom. The SMILES string of the molecule is CC(=O)NCCNCc1cnc(C(C)(C)C)s1. The van der Waals surface area contributed by atoms with Crippen molar-refractivity contribution in [2.24, 2.45) is 0 Å². The fraction of sp³-hybridized carbons (Fsp3) is 0.667. The van der Waals surface area contributed by atoms with Gasteiger partial charge in [0.05, 0.1) is 5.01 Å². The Labute approximate surface area is 107 Å². The number of amides is 1. The van der Waals surface area contributed by atoms with E-state index >= 15 is 0 Å². The van der Waals surface area contributed by atoms with Gasteiger partial charge in [0.1, 0.15) is 0 Å². The molecule has 2 N–H and O–H groups in total. The summed E-state index contributed by atoms with van der Waals surface area (Å²) in [5, 5.41) is 7.19. The Hall–Kier alpha value is -0.940. The first-order valence-electron chi connectivity index (χ1n) is 5.80. The molecular weight excluding hydrogens is 234 g/mol. The number of nitrogens with zero attached hydrogens (tertiary/aromatic N) is 1. The van der Waals surface area contributed by atoms with E-state index in [1.54, 1.807) is 11.3 Å². The first-order chi connectivity index (χ1) is 7.89. The highest BCUT2D eigenvalue weighted by atomic mass is 32.1. The van der Waals surface area contributed by atoms with Crippen molar-refractivity contribution in [3.8, 4) is 0 Å². The number of rotatable bonds is 5. The first kappa shape index (κ1) is 14.1. The maximum Gasteiger partial charge on any atom is 0.216 e. The second kappa shape index (κ2) is 6.12. The maximum atomic E-state index is 10.6. The molecule has 4 nitrogen and oxygen atoms in total. The zero-order valence-corrected chi connectivity index (χ0v) is 11.8. The topological polar surface area (TPSA) is 54.0 Å². The van der Waals surface area contributed by atoms with Crippen LogP contribution in [0, 0.1) is 0 Å². The van der Waals surface area contributed by atoms with Gasteiger partial charge in [0.25, 0.3) is 0 Å². The van der Waals surface area contributed by atoms with Crippen molar-refractivity contribution < 1.29 is 4.79 Å². The van der Waals surface area contributed by atoms with Gasteiger partial charge in [-0.3, -0.25) is 4.79 Å². The third-order valence-corrected chi connectivity index (χ3v) is 3.59. The zero-order chi connectivity index (χ0) is 12.9. The summed E-state index contributed by atoms with van der Waals surface area (Å²) in [7, 11) is 0. The minimum absolute atomic E-state index is 0.0135. The van der Waals surface area contributed by atoms with E-state index in [0.29, 0.717) is 6.54 Å². The van der Waals surface area contributed by atoms with Crippen LogP contribution in [0.2, 0.25) is 0 Å². The van der Waals surface area contributed by atoms with Gasteiger partial charge in [-0.05, 0) is 0 Å². The lowest BCUT2D eigenvalue weighted by molar-refractivity contribution is -0.118. The lowest BCUT2D eigenvalue weighted by atomic mass is 9.98. The number of hydrogen-bond acceptors (Lipinski definition) is 4. The zero-order valence-electron chi connectivity index (χ0n) is 11.0. The summed E-state index contributed by atoms with van der Waals surface area (Å²) < 4.78 is 0. The summed E-state index contributed by atoms with van der Waals surface area (Å²) >= 11 is 1.74. The van der Waals surface area contributed by atoms with Crippen LogP contribution in [0.4, 0.5) is 0 Å². The Kier molecular flexibility index (Phi) is 5.08. The molecule has 0 aliphatic heterocycles. The van der Waals surface area contributed by atoms with Gasteiger partial charge < -0.3 is 10.6 Å². The average molecular weight is 255 g/mol. The Morgan fingerprint density at radius 3 is 2.65 bits per heavy atom. The molecule has 0 unspecified atom stereocenters. The van der Waals surface area contributed by atoms with Crippen molar-refractivity contribution in [3.05, 3.63) is 16.1 Å². The molecule has 0 aromatic carbocycles. The monoisotopic (exact) mass is 255 g/mol. The van der Waals surface area contributed by atoms with Gasteiger partial charge in [0.2, 0.25) is 5.91 Å². The summed E-state index contributed by atoms with van der Waals surface area (Å²) in [5.74, 6) is 0.0135. The van der Waals surface area contributed by atoms with Gasteiger partial charge in [-0.15, -0.1) is 11.3 Å². The highest BCUT2D eigenvalue weighted by Crippen LogP contribution is 2.26. The Balaban J connectivity index is 2.28. The van der Waals surface area contributed by atoms with Crippen LogP contribution in [0.3, 0.4) is 0 Å². The van der Waals surface area contributed by atoms with Crippen molar-refractivity contribution in [1.29, 1.82) is 0 Å². The minimum Gasteiger partial charge on any atom is -0.355 e. The van der Waals surface area contributed by atoms with Crippen LogP contribution in [0.1, 0.15) is 37.6 Å². The molecule has 0 saturated heterocycles. The average Bonchev–Trinajstić information content (AvgIpc) is 2.64. The third-order valence-electron chi connectivity index (χ3n) is 2.17. The molecule has 5 heteroatoms. The summed E-state index contributed by atoms with van der Waals surface area (Å²) in [6.45, 7) is 10.3. The van der Waals surface area contributed by atoms with E-state index < -0.39 is 0 Å². The molecule has 0 radical (unpaired) electrons. The summed E-state index contributed by atoms with van der Waals surface area (Å²) in [6.07, 6.45) is 1.93. The molecule has 1 heterocycles. The Bertz CT molecular complexity index is 368. The largest absolute Gasteiger partial charge is 0.355 e. The van der Waals surface area contributed by atoms with Crippen molar-refractivity contribution in [1.82, 2.24) is 15.6 Å². The van der Waals surface area contributed by atoms with Crippen LogP contribution in [0.15, 0.2) is 6.20 Å². The molecule has 1 amide bonds. The van der Waals surface area contributed by atoms with Crippen LogP contribution < -0.4 is 10.6 Å². The molecule has 0 aliphatic rings. The molecule has 1 aromatic heterocycles. The van der Waals surface area contributed by atoms with Crippen LogP contribution >= 0.6 is 11.3 Å². The van der Waals surface area contributed by atoms with Gasteiger partial charge in [0.15, 0.2) is 0 Å².